The summed E-state index contributed by atoms with van der Waals surface area (Å²) in [6.45, 7) is 1.12. The number of likely N-dealkylation sites (N-methyl/N-ethyl adjacent to an activating group) is 1. The average Bonchev–Trinajstić information content (AvgIpc) is 3.13. The van der Waals surface area contributed by atoms with Crippen molar-refractivity contribution in [3.8, 4) is 0 Å². The van der Waals surface area contributed by atoms with E-state index in [1.807, 2.05) is 30.4 Å². The topological polar surface area (TPSA) is 45.1 Å². The Bertz CT molecular complexity index is 952. The van der Waals surface area contributed by atoms with Gasteiger partial charge >= 0.3 is 0 Å². The summed E-state index contributed by atoms with van der Waals surface area (Å²) in [5.41, 5.74) is 3.25. The zero-order valence-electron chi connectivity index (χ0n) is 16.8. The summed E-state index contributed by atoms with van der Waals surface area (Å²) in [6.07, 6.45) is 2.75. The van der Waals surface area contributed by atoms with E-state index >= 15 is 0 Å². The molecular formula is C23H25ClFN3O2. The van der Waals surface area contributed by atoms with Crippen LogP contribution in [0.15, 0.2) is 53.5 Å². The Morgan fingerprint density at radius 2 is 1.93 bits per heavy atom. The highest BCUT2D eigenvalue weighted by Gasteiger charge is 2.42. The van der Waals surface area contributed by atoms with E-state index in [2.05, 4.69) is 22.0 Å². The fourth-order valence-electron chi connectivity index (χ4n) is 4.76. The van der Waals surface area contributed by atoms with Gasteiger partial charge in [0.2, 0.25) is 0 Å². The van der Waals surface area contributed by atoms with Crippen LogP contribution in [-0.4, -0.2) is 60.4 Å². The van der Waals surface area contributed by atoms with E-state index in [1.165, 1.54) is 17.7 Å². The van der Waals surface area contributed by atoms with E-state index in [0.29, 0.717) is 19.6 Å². The van der Waals surface area contributed by atoms with Gasteiger partial charge < -0.3 is 14.5 Å². The standard InChI is InChI=1S/C23H24FN3O2.ClH/c1-26-14-25-19-12-21(29-13-20(19)26)23(28)27-11-10-15-4-2-3-5-18(15)22(27)16-6-8-17(24)9-7-16;/h2-9,14,19-22H,10-13H2,1H3;1H/t19-,20+,21+,22-;/m0./s1. The van der Waals surface area contributed by atoms with E-state index in [9.17, 15) is 9.18 Å². The molecule has 2 aromatic rings. The summed E-state index contributed by atoms with van der Waals surface area (Å²) in [4.78, 5) is 22.1. The first-order valence-electron chi connectivity index (χ1n) is 10.1. The SMILES string of the molecule is CN1C=N[C@H]2C[C@H](C(=O)N3CCc4ccccc4[C@@H]3c3ccc(F)cc3)OC[C@H]21.Cl. The number of hydrogen-bond acceptors (Lipinski definition) is 4. The lowest BCUT2D eigenvalue weighted by atomic mass is 9.87. The van der Waals surface area contributed by atoms with E-state index in [0.717, 1.165) is 17.5 Å². The Morgan fingerprint density at radius 3 is 2.73 bits per heavy atom. The fourth-order valence-corrected chi connectivity index (χ4v) is 4.76. The molecule has 1 amide bonds. The average molecular weight is 430 g/mol. The minimum absolute atomic E-state index is 0. The van der Waals surface area contributed by atoms with Crippen LogP contribution >= 0.6 is 12.4 Å². The van der Waals surface area contributed by atoms with Crippen LogP contribution in [0.4, 0.5) is 4.39 Å². The number of rotatable bonds is 2. The summed E-state index contributed by atoms with van der Waals surface area (Å²) in [5.74, 6) is -0.280. The molecule has 3 aliphatic rings. The summed E-state index contributed by atoms with van der Waals surface area (Å²) in [6, 6.07) is 14.7. The summed E-state index contributed by atoms with van der Waals surface area (Å²) >= 11 is 0. The predicted molar refractivity (Wildman–Crippen MR) is 116 cm³/mol. The molecule has 5 rings (SSSR count). The first kappa shape index (κ1) is 20.8. The highest BCUT2D eigenvalue weighted by Crippen LogP contribution is 2.37. The lowest BCUT2D eigenvalue weighted by Gasteiger charge is -2.41. The van der Waals surface area contributed by atoms with Crippen molar-refractivity contribution in [3.63, 3.8) is 0 Å². The third kappa shape index (κ3) is 3.59. The lowest BCUT2D eigenvalue weighted by molar-refractivity contribution is -0.151. The van der Waals surface area contributed by atoms with Gasteiger partial charge in [0.1, 0.15) is 11.9 Å². The molecule has 1 saturated heterocycles. The molecule has 3 heterocycles. The van der Waals surface area contributed by atoms with Crippen LogP contribution in [0, 0.1) is 5.82 Å². The molecule has 7 heteroatoms. The third-order valence-corrected chi connectivity index (χ3v) is 6.36. The van der Waals surface area contributed by atoms with Crippen molar-refractivity contribution in [2.45, 2.75) is 37.1 Å². The maximum atomic E-state index is 13.5. The Balaban J connectivity index is 0.00000218. The molecule has 0 bridgehead atoms. The van der Waals surface area contributed by atoms with Crippen LogP contribution in [0.3, 0.4) is 0 Å². The lowest BCUT2D eigenvalue weighted by Crippen LogP contribution is -2.52. The molecule has 3 aliphatic heterocycles. The normalized spacial score (nSPS) is 27.3. The molecular weight excluding hydrogens is 405 g/mol. The maximum absolute atomic E-state index is 13.5. The molecule has 0 saturated carbocycles. The summed E-state index contributed by atoms with van der Waals surface area (Å²) in [7, 11) is 1.99. The molecule has 0 N–H and O–H groups in total. The molecule has 158 valence electrons. The predicted octanol–water partition coefficient (Wildman–Crippen LogP) is 3.22. The van der Waals surface area contributed by atoms with Crippen LogP contribution in [0.25, 0.3) is 0 Å². The molecule has 30 heavy (non-hydrogen) atoms. The van der Waals surface area contributed by atoms with Crippen molar-refractivity contribution in [2.75, 3.05) is 20.2 Å². The van der Waals surface area contributed by atoms with Gasteiger partial charge in [0.25, 0.3) is 5.91 Å². The quantitative estimate of drug-likeness (QED) is 0.736. The van der Waals surface area contributed by atoms with Gasteiger partial charge in [0.15, 0.2) is 0 Å². The van der Waals surface area contributed by atoms with Gasteiger partial charge in [0, 0.05) is 20.0 Å². The highest BCUT2D eigenvalue weighted by atomic mass is 35.5. The first-order chi connectivity index (χ1) is 14.1. The van der Waals surface area contributed by atoms with Crippen LogP contribution in [0.1, 0.15) is 29.2 Å². The third-order valence-electron chi connectivity index (χ3n) is 6.36. The maximum Gasteiger partial charge on any atom is 0.252 e. The molecule has 0 aromatic heterocycles. The fraction of sp³-hybridized carbons (Fsp3) is 0.391. The van der Waals surface area contributed by atoms with E-state index in [4.69, 9.17) is 4.74 Å². The van der Waals surface area contributed by atoms with Crippen molar-refractivity contribution in [1.82, 2.24) is 9.80 Å². The molecule has 1 fully saturated rings. The summed E-state index contributed by atoms with van der Waals surface area (Å²) in [5, 5.41) is 0. The molecule has 4 atom stereocenters. The van der Waals surface area contributed by atoms with Crippen LogP contribution in [-0.2, 0) is 16.0 Å². The van der Waals surface area contributed by atoms with Crippen molar-refractivity contribution in [3.05, 3.63) is 71.0 Å². The second kappa shape index (κ2) is 8.36. The summed E-state index contributed by atoms with van der Waals surface area (Å²) < 4.78 is 19.5. The number of benzene rings is 2. The molecule has 0 spiro atoms. The smallest absolute Gasteiger partial charge is 0.252 e. The minimum atomic E-state index is -0.492. The molecule has 0 aliphatic carbocycles. The molecule has 0 unspecified atom stereocenters. The molecule has 0 radical (unpaired) electrons. The van der Waals surface area contributed by atoms with Gasteiger partial charge in [-0.1, -0.05) is 36.4 Å². The van der Waals surface area contributed by atoms with E-state index < -0.39 is 6.10 Å². The minimum Gasteiger partial charge on any atom is -0.366 e. The van der Waals surface area contributed by atoms with Gasteiger partial charge in [-0.3, -0.25) is 9.79 Å². The van der Waals surface area contributed by atoms with Gasteiger partial charge in [-0.2, -0.15) is 0 Å². The van der Waals surface area contributed by atoms with Crippen molar-refractivity contribution >= 4 is 24.7 Å². The highest BCUT2D eigenvalue weighted by molar-refractivity contribution is 5.85. The zero-order valence-corrected chi connectivity index (χ0v) is 17.6. The number of hydrogen-bond donors (Lipinski definition) is 0. The van der Waals surface area contributed by atoms with Gasteiger partial charge in [-0.05, 0) is 35.2 Å². The number of halogens is 2. The van der Waals surface area contributed by atoms with Crippen molar-refractivity contribution in [2.24, 2.45) is 4.99 Å². The zero-order chi connectivity index (χ0) is 20.0. The molecule has 5 nitrogen and oxygen atoms in total. The van der Waals surface area contributed by atoms with Crippen molar-refractivity contribution in [1.29, 1.82) is 0 Å². The number of fused-ring (bicyclic) bond motifs is 2. The van der Waals surface area contributed by atoms with Crippen molar-refractivity contribution < 1.29 is 13.9 Å². The van der Waals surface area contributed by atoms with Crippen LogP contribution in [0.2, 0.25) is 0 Å². The van der Waals surface area contributed by atoms with Crippen LogP contribution in [0.5, 0.6) is 0 Å². The Kier molecular flexibility index (Phi) is 5.80. The Labute approximate surface area is 181 Å². The van der Waals surface area contributed by atoms with Gasteiger partial charge in [-0.15, -0.1) is 12.4 Å². The number of aliphatic imine (C=N–C) groups is 1. The Hall–Kier alpha value is -2.44. The first-order valence-corrected chi connectivity index (χ1v) is 10.1. The second-order valence-corrected chi connectivity index (χ2v) is 8.06. The van der Waals surface area contributed by atoms with Gasteiger partial charge in [-0.25, -0.2) is 4.39 Å². The van der Waals surface area contributed by atoms with Gasteiger partial charge in [0.05, 0.1) is 31.1 Å². The number of carbonyl (C=O) groups excluding carboxylic acids is 1. The number of nitrogens with zero attached hydrogens (tertiary/aromatic N) is 3. The number of carbonyl (C=O) groups is 1. The van der Waals surface area contributed by atoms with E-state index in [-0.39, 0.29) is 42.3 Å². The number of amides is 1. The van der Waals surface area contributed by atoms with Crippen LogP contribution < -0.4 is 0 Å². The largest absolute Gasteiger partial charge is 0.366 e. The Morgan fingerprint density at radius 1 is 1.17 bits per heavy atom. The second-order valence-electron chi connectivity index (χ2n) is 8.06. The molecule has 2 aromatic carbocycles. The van der Waals surface area contributed by atoms with E-state index in [1.54, 1.807) is 12.1 Å². The monoisotopic (exact) mass is 429 g/mol. The number of ether oxygens (including phenoxy) is 1.